The third-order valence-corrected chi connectivity index (χ3v) is 2.31. The lowest BCUT2D eigenvalue weighted by atomic mass is 10.2. The van der Waals surface area contributed by atoms with E-state index in [1.807, 2.05) is 13.8 Å². The Hall–Kier alpha value is -0.820. The number of amides is 1. The van der Waals surface area contributed by atoms with Crippen LogP contribution in [0.1, 0.15) is 20.8 Å². The maximum absolute atomic E-state index is 12.0. The maximum atomic E-state index is 12.0. The molecule has 0 aromatic carbocycles. The van der Waals surface area contributed by atoms with Crippen LogP contribution in [0, 0.1) is 5.92 Å². The number of rotatable bonds is 8. The summed E-state index contributed by atoms with van der Waals surface area (Å²) in [6.45, 7) is 4.90. The second kappa shape index (κ2) is 8.37. The van der Waals surface area contributed by atoms with E-state index in [2.05, 4.69) is 4.74 Å². The van der Waals surface area contributed by atoms with Crippen LogP contribution in [0.4, 0.5) is 13.2 Å². The van der Waals surface area contributed by atoms with Gasteiger partial charge < -0.3 is 14.4 Å². The highest BCUT2D eigenvalue weighted by molar-refractivity contribution is 5.80. The number of ether oxygens (including phenoxy) is 2. The fourth-order valence-electron chi connectivity index (χ4n) is 1.48. The van der Waals surface area contributed by atoms with Gasteiger partial charge in [-0.3, -0.25) is 4.79 Å². The van der Waals surface area contributed by atoms with Crippen molar-refractivity contribution in [3.8, 4) is 0 Å². The molecular formula is C12H22F3NO3. The first-order chi connectivity index (χ1) is 8.67. The second-order valence-electron chi connectivity index (χ2n) is 4.74. The van der Waals surface area contributed by atoms with Gasteiger partial charge >= 0.3 is 6.18 Å². The average molecular weight is 285 g/mol. The molecule has 0 saturated carbocycles. The second-order valence-corrected chi connectivity index (χ2v) is 4.74. The van der Waals surface area contributed by atoms with Crippen LogP contribution in [0.5, 0.6) is 0 Å². The summed E-state index contributed by atoms with van der Waals surface area (Å²) in [6, 6.07) is 0. The van der Waals surface area contributed by atoms with Gasteiger partial charge in [-0.05, 0) is 12.8 Å². The van der Waals surface area contributed by atoms with E-state index in [0.717, 1.165) is 0 Å². The predicted molar refractivity (Wildman–Crippen MR) is 64.8 cm³/mol. The Balaban J connectivity index is 4.42. The molecule has 1 atom stereocenters. The van der Waals surface area contributed by atoms with E-state index >= 15 is 0 Å². The summed E-state index contributed by atoms with van der Waals surface area (Å²) in [5, 5.41) is 0. The SMILES string of the molecule is COCCN(CC(C)C)C(=O)C(C)OCC(F)(F)F. The molecule has 0 fully saturated rings. The van der Waals surface area contributed by atoms with Gasteiger partial charge in [0.15, 0.2) is 0 Å². The summed E-state index contributed by atoms with van der Waals surface area (Å²) < 4.78 is 45.5. The van der Waals surface area contributed by atoms with Crippen molar-refractivity contribution in [3.05, 3.63) is 0 Å². The van der Waals surface area contributed by atoms with Crippen molar-refractivity contribution >= 4 is 5.91 Å². The molecule has 0 radical (unpaired) electrons. The fraction of sp³-hybridized carbons (Fsp3) is 0.917. The van der Waals surface area contributed by atoms with Crippen molar-refractivity contribution in [3.63, 3.8) is 0 Å². The van der Waals surface area contributed by atoms with Gasteiger partial charge in [-0.25, -0.2) is 0 Å². The highest BCUT2D eigenvalue weighted by Crippen LogP contribution is 2.16. The molecule has 0 rings (SSSR count). The molecule has 0 N–H and O–H groups in total. The van der Waals surface area contributed by atoms with Crippen LogP contribution in [-0.4, -0.2) is 56.5 Å². The summed E-state index contributed by atoms with van der Waals surface area (Å²) in [5.74, 6) is -0.231. The zero-order valence-corrected chi connectivity index (χ0v) is 11.8. The lowest BCUT2D eigenvalue weighted by Crippen LogP contribution is -2.43. The van der Waals surface area contributed by atoms with Crippen LogP contribution in [0.25, 0.3) is 0 Å². The molecule has 1 unspecified atom stereocenters. The van der Waals surface area contributed by atoms with E-state index in [0.29, 0.717) is 19.7 Å². The number of hydrogen-bond acceptors (Lipinski definition) is 3. The number of halogens is 3. The Morgan fingerprint density at radius 3 is 2.26 bits per heavy atom. The quantitative estimate of drug-likeness (QED) is 0.685. The number of nitrogens with zero attached hydrogens (tertiary/aromatic N) is 1. The molecule has 114 valence electrons. The van der Waals surface area contributed by atoms with Crippen LogP contribution in [-0.2, 0) is 14.3 Å². The van der Waals surface area contributed by atoms with Crippen molar-refractivity contribution in [2.24, 2.45) is 5.92 Å². The monoisotopic (exact) mass is 285 g/mol. The molecule has 0 aliphatic heterocycles. The molecule has 4 nitrogen and oxygen atoms in total. The van der Waals surface area contributed by atoms with Crippen LogP contribution >= 0.6 is 0 Å². The van der Waals surface area contributed by atoms with Crippen molar-refractivity contribution in [1.82, 2.24) is 4.90 Å². The zero-order valence-electron chi connectivity index (χ0n) is 11.8. The molecular weight excluding hydrogens is 263 g/mol. The first-order valence-corrected chi connectivity index (χ1v) is 6.13. The number of carbonyl (C=O) groups excluding carboxylic acids is 1. The lowest BCUT2D eigenvalue weighted by Gasteiger charge is -2.27. The van der Waals surface area contributed by atoms with Crippen molar-refractivity contribution in [2.75, 3.05) is 33.4 Å². The largest absolute Gasteiger partial charge is 0.411 e. The minimum Gasteiger partial charge on any atom is -0.383 e. The van der Waals surface area contributed by atoms with E-state index < -0.39 is 24.8 Å². The van der Waals surface area contributed by atoms with Crippen molar-refractivity contribution in [1.29, 1.82) is 0 Å². The summed E-state index contributed by atoms with van der Waals surface area (Å²) in [5.41, 5.74) is 0. The molecule has 0 heterocycles. The van der Waals surface area contributed by atoms with Gasteiger partial charge in [0.05, 0.1) is 6.61 Å². The fourth-order valence-corrected chi connectivity index (χ4v) is 1.48. The first kappa shape index (κ1) is 18.2. The van der Waals surface area contributed by atoms with Crippen LogP contribution in [0.3, 0.4) is 0 Å². The van der Waals surface area contributed by atoms with Gasteiger partial charge in [-0.2, -0.15) is 13.2 Å². The molecule has 0 aromatic heterocycles. The minimum atomic E-state index is -4.43. The molecule has 0 bridgehead atoms. The van der Waals surface area contributed by atoms with Crippen LogP contribution in [0.2, 0.25) is 0 Å². The molecule has 0 aliphatic carbocycles. The van der Waals surface area contributed by atoms with Gasteiger partial charge in [0, 0.05) is 20.2 Å². The Labute approximate surface area is 111 Å². The standard InChI is InChI=1S/C12H22F3NO3/c1-9(2)7-16(5-6-18-4)11(17)10(3)19-8-12(13,14)15/h9-10H,5-8H2,1-4H3. The maximum Gasteiger partial charge on any atom is 0.411 e. The summed E-state index contributed by atoms with van der Waals surface area (Å²) in [6.07, 6.45) is -5.54. The predicted octanol–water partition coefficient (Wildman–Crippen LogP) is 2.08. The molecule has 0 saturated heterocycles. The smallest absolute Gasteiger partial charge is 0.383 e. The molecule has 0 aromatic rings. The molecule has 0 aliphatic rings. The number of methoxy groups -OCH3 is 1. The summed E-state index contributed by atoms with van der Waals surface area (Å²) in [4.78, 5) is 13.4. The summed E-state index contributed by atoms with van der Waals surface area (Å²) in [7, 11) is 1.50. The number of hydrogen-bond donors (Lipinski definition) is 0. The van der Waals surface area contributed by atoms with Gasteiger partial charge in [0.25, 0.3) is 5.91 Å². The van der Waals surface area contributed by atoms with E-state index in [-0.39, 0.29) is 5.92 Å². The van der Waals surface area contributed by atoms with Gasteiger partial charge in [-0.15, -0.1) is 0 Å². The number of carbonyl (C=O) groups is 1. The topological polar surface area (TPSA) is 38.8 Å². The average Bonchev–Trinajstić information content (AvgIpc) is 2.29. The van der Waals surface area contributed by atoms with Gasteiger partial charge in [0.1, 0.15) is 12.7 Å². The molecule has 0 spiro atoms. The molecule has 1 amide bonds. The van der Waals surface area contributed by atoms with Gasteiger partial charge in [0.2, 0.25) is 0 Å². The zero-order chi connectivity index (χ0) is 15.1. The lowest BCUT2D eigenvalue weighted by molar-refractivity contribution is -0.188. The number of alkyl halides is 3. The normalized spacial score (nSPS) is 13.7. The Morgan fingerprint density at radius 1 is 1.26 bits per heavy atom. The van der Waals surface area contributed by atoms with E-state index in [9.17, 15) is 18.0 Å². The third kappa shape index (κ3) is 8.83. The van der Waals surface area contributed by atoms with Crippen molar-refractivity contribution in [2.45, 2.75) is 33.1 Å². The van der Waals surface area contributed by atoms with Gasteiger partial charge in [-0.1, -0.05) is 13.8 Å². The third-order valence-electron chi connectivity index (χ3n) is 2.31. The first-order valence-electron chi connectivity index (χ1n) is 6.13. The Bertz CT molecular complexity index is 269. The molecule has 19 heavy (non-hydrogen) atoms. The summed E-state index contributed by atoms with van der Waals surface area (Å²) >= 11 is 0. The van der Waals surface area contributed by atoms with E-state index in [1.165, 1.54) is 18.9 Å². The Kier molecular flexibility index (Phi) is 8.01. The Morgan fingerprint density at radius 2 is 1.84 bits per heavy atom. The van der Waals surface area contributed by atoms with E-state index in [4.69, 9.17) is 4.74 Å². The molecule has 7 heteroatoms. The minimum absolute atomic E-state index is 0.218. The highest BCUT2D eigenvalue weighted by atomic mass is 19.4. The van der Waals surface area contributed by atoms with Crippen LogP contribution in [0.15, 0.2) is 0 Å². The highest BCUT2D eigenvalue weighted by Gasteiger charge is 2.31. The van der Waals surface area contributed by atoms with E-state index in [1.54, 1.807) is 0 Å². The van der Waals surface area contributed by atoms with Crippen molar-refractivity contribution < 1.29 is 27.4 Å². The van der Waals surface area contributed by atoms with Crippen LogP contribution < -0.4 is 0 Å².